The van der Waals surface area contributed by atoms with E-state index in [0.717, 1.165) is 54.6 Å². The van der Waals surface area contributed by atoms with Crippen LogP contribution in [0.1, 0.15) is 24.3 Å². The highest BCUT2D eigenvalue weighted by Gasteiger charge is 2.23. The number of hydrogen-bond donors (Lipinski definition) is 0. The number of hydrogen-bond acceptors (Lipinski definition) is 6. The van der Waals surface area contributed by atoms with Gasteiger partial charge in [0.2, 0.25) is 0 Å². The van der Waals surface area contributed by atoms with Crippen LogP contribution in [-0.4, -0.2) is 39.4 Å². The molecule has 1 saturated heterocycles. The Kier molecular flexibility index (Phi) is 4.46. The maximum absolute atomic E-state index is 5.93. The largest absolute Gasteiger partial charge is 0.472 e. The van der Waals surface area contributed by atoms with E-state index < -0.39 is 0 Å². The third kappa shape index (κ3) is 3.28. The zero-order valence-corrected chi connectivity index (χ0v) is 14.4. The monoisotopic (exact) mass is 344 g/mol. The van der Waals surface area contributed by atoms with Gasteiger partial charge >= 0.3 is 0 Å². The van der Waals surface area contributed by atoms with Crippen molar-refractivity contribution < 1.29 is 9.15 Å². The molecule has 0 N–H and O–H groups in total. The van der Waals surface area contributed by atoms with Crippen LogP contribution in [0.3, 0.4) is 0 Å². The first kappa shape index (κ1) is 15.6. The fourth-order valence-corrected chi connectivity index (χ4v) is 3.69. The van der Waals surface area contributed by atoms with Crippen LogP contribution in [0.2, 0.25) is 0 Å². The lowest BCUT2D eigenvalue weighted by Crippen LogP contribution is -2.37. The van der Waals surface area contributed by atoms with Crippen molar-refractivity contribution >= 4 is 11.3 Å². The first-order valence-corrected chi connectivity index (χ1v) is 9.03. The fraction of sp³-hybridized carbons (Fsp3) is 0.412. The predicted octanol–water partition coefficient (Wildman–Crippen LogP) is 3.19. The number of rotatable bonds is 5. The number of morpholine rings is 1. The van der Waals surface area contributed by atoms with E-state index in [9.17, 15) is 0 Å². The van der Waals surface area contributed by atoms with Crippen molar-refractivity contribution in [2.24, 2.45) is 0 Å². The molecule has 0 amide bonds. The summed E-state index contributed by atoms with van der Waals surface area (Å²) < 4.78 is 13.0. The molecule has 0 bridgehead atoms. The van der Waals surface area contributed by atoms with Gasteiger partial charge in [-0.25, -0.2) is 4.98 Å². The third-order valence-electron chi connectivity index (χ3n) is 4.21. The molecule has 24 heavy (non-hydrogen) atoms. The zero-order valence-electron chi connectivity index (χ0n) is 13.6. The highest BCUT2D eigenvalue weighted by molar-refractivity contribution is 7.13. The van der Waals surface area contributed by atoms with Gasteiger partial charge in [-0.1, -0.05) is 0 Å². The molecule has 1 aliphatic heterocycles. The summed E-state index contributed by atoms with van der Waals surface area (Å²) >= 11 is 1.66. The molecule has 0 aromatic carbocycles. The Balaban J connectivity index is 1.41. The molecule has 126 valence electrons. The van der Waals surface area contributed by atoms with Gasteiger partial charge in [0, 0.05) is 48.9 Å². The minimum absolute atomic E-state index is 0.0889. The van der Waals surface area contributed by atoms with Crippen molar-refractivity contribution in [3.05, 3.63) is 47.6 Å². The highest BCUT2D eigenvalue weighted by Crippen LogP contribution is 2.26. The summed E-state index contributed by atoms with van der Waals surface area (Å²) in [6.07, 6.45) is 7.50. The summed E-state index contributed by atoms with van der Waals surface area (Å²) in [5.74, 6) is 0. The number of nitrogens with zero attached hydrogens (tertiary/aromatic N) is 4. The van der Waals surface area contributed by atoms with Gasteiger partial charge in [0.05, 0.1) is 30.9 Å². The van der Waals surface area contributed by atoms with E-state index in [4.69, 9.17) is 14.1 Å². The second kappa shape index (κ2) is 6.88. The molecule has 1 fully saturated rings. The second-order valence-corrected chi connectivity index (χ2v) is 6.74. The molecule has 4 heterocycles. The van der Waals surface area contributed by atoms with Gasteiger partial charge in [0.25, 0.3) is 0 Å². The van der Waals surface area contributed by atoms with E-state index in [-0.39, 0.29) is 6.10 Å². The summed E-state index contributed by atoms with van der Waals surface area (Å²) in [7, 11) is 0. The number of aromatic nitrogens is 3. The minimum atomic E-state index is 0.0889. The van der Waals surface area contributed by atoms with Crippen LogP contribution in [0.5, 0.6) is 0 Å². The smallest absolute Gasteiger partial charge is 0.126 e. The Labute approximate surface area is 144 Å². The summed E-state index contributed by atoms with van der Waals surface area (Å²) in [6.45, 7) is 6.35. The van der Waals surface area contributed by atoms with E-state index in [0.29, 0.717) is 0 Å². The highest BCUT2D eigenvalue weighted by atomic mass is 32.1. The number of furan rings is 1. The minimum Gasteiger partial charge on any atom is -0.472 e. The number of aryl methyl sites for hydroxylation is 1. The molecule has 0 saturated carbocycles. The van der Waals surface area contributed by atoms with Gasteiger partial charge < -0.3 is 9.15 Å². The molecule has 0 aliphatic carbocycles. The van der Waals surface area contributed by atoms with E-state index >= 15 is 0 Å². The molecule has 4 rings (SSSR count). The van der Waals surface area contributed by atoms with E-state index in [2.05, 4.69) is 28.5 Å². The number of thiazole rings is 1. The Morgan fingerprint density at radius 1 is 1.42 bits per heavy atom. The standard InChI is InChI=1S/C17H20N4O2S/c1-2-21-8-14(7-18-21)16-10-20(4-6-23-16)9-15-12-24-17(19-15)13-3-5-22-11-13/h3,5,7-8,11-12,16H,2,4,6,9-10H2,1H3/t16-/m1/s1. The van der Waals surface area contributed by atoms with Gasteiger partial charge in [-0.15, -0.1) is 11.3 Å². The summed E-state index contributed by atoms with van der Waals surface area (Å²) in [5.41, 5.74) is 3.29. The van der Waals surface area contributed by atoms with Crippen LogP contribution in [0.25, 0.3) is 10.6 Å². The van der Waals surface area contributed by atoms with Gasteiger partial charge in [0.15, 0.2) is 0 Å². The van der Waals surface area contributed by atoms with Crippen LogP contribution in [0.4, 0.5) is 0 Å². The van der Waals surface area contributed by atoms with E-state index in [1.807, 2.05) is 16.9 Å². The Morgan fingerprint density at radius 2 is 2.38 bits per heavy atom. The van der Waals surface area contributed by atoms with Crippen LogP contribution >= 0.6 is 11.3 Å². The molecule has 1 aliphatic rings. The first-order valence-electron chi connectivity index (χ1n) is 8.15. The predicted molar refractivity (Wildman–Crippen MR) is 91.7 cm³/mol. The molecule has 3 aromatic rings. The van der Waals surface area contributed by atoms with Crippen LogP contribution in [0.15, 0.2) is 40.8 Å². The molecule has 0 unspecified atom stereocenters. The van der Waals surface area contributed by atoms with Crippen molar-refractivity contribution in [2.45, 2.75) is 26.1 Å². The van der Waals surface area contributed by atoms with Gasteiger partial charge in [0.1, 0.15) is 11.3 Å². The maximum Gasteiger partial charge on any atom is 0.126 e. The maximum atomic E-state index is 5.93. The third-order valence-corrected chi connectivity index (χ3v) is 5.15. The second-order valence-electron chi connectivity index (χ2n) is 5.88. The number of ether oxygens (including phenoxy) is 1. The van der Waals surface area contributed by atoms with Gasteiger partial charge in [-0.3, -0.25) is 9.58 Å². The van der Waals surface area contributed by atoms with Crippen molar-refractivity contribution in [1.29, 1.82) is 0 Å². The molecule has 1 atom stereocenters. The summed E-state index contributed by atoms with van der Waals surface area (Å²) in [6, 6.07) is 1.94. The summed E-state index contributed by atoms with van der Waals surface area (Å²) in [4.78, 5) is 7.12. The molecule has 6 nitrogen and oxygen atoms in total. The van der Waals surface area contributed by atoms with E-state index in [1.165, 1.54) is 0 Å². The average molecular weight is 344 g/mol. The Hall–Kier alpha value is -1.96. The molecule has 3 aromatic heterocycles. The van der Waals surface area contributed by atoms with Crippen molar-refractivity contribution in [3.8, 4) is 10.6 Å². The molecular weight excluding hydrogens is 324 g/mol. The normalized spacial score (nSPS) is 19.0. The lowest BCUT2D eigenvalue weighted by molar-refractivity contribution is -0.0332. The SMILES string of the molecule is CCn1cc([C@H]2CN(Cc3csc(-c4ccoc4)n3)CCO2)cn1. The average Bonchev–Trinajstić information content (AvgIpc) is 3.36. The molecule has 7 heteroatoms. The van der Waals surface area contributed by atoms with E-state index in [1.54, 1.807) is 23.9 Å². The van der Waals surface area contributed by atoms with Crippen molar-refractivity contribution in [2.75, 3.05) is 19.7 Å². The molecule has 0 radical (unpaired) electrons. The summed E-state index contributed by atoms with van der Waals surface area (Å²) in [5, 5.41) is 7.48. The van der Waals surface area contributed by atoms with Gasteiger partial charge in [-0.2, -0.15) is 5.10 Å². The van der Waals surface area contributed by atoms with Crippen LogP contribution < -0.4 is 0 Å². The van der Waals surface area contributed by atoms with Crippen LogP contribution in [-0.2, 0) is 17.8 Å². The molecular formula is C17H20N4O2S. The fourth-order valence-electron chi connectivity index (χ4n) is 2.89. The van der Waals surface area contributed by atoms with Crippen molar-refractivity contribution in [1.82, 2.24) is 19.7 Å². The Bertz CT molecular complexity index is 780. The Morgan fingerprint density at radius 3 is 3.17 bits per heavy atom. The topological polar surface area (TPSA) is 56.3 Å². The van der Waals surface area contributed by atoms with Crippen LogP contribution in [0, 0.1) is 0 Å². The lowest BCUT2D eigenvalue weighted by atomic mass is 10.1. The molecule has 0 spiro atoms. The quantitative estimate of drug-likeness (QED) is 0.711. The van der Waals surface area contributed by atoms with Gasteiger partial charge in [-0.05, 0) is 13.0 Å². The lowest BCUT2D eigenvalue weighted by Gasteiger charge is -2.32. The van der Waals surface area contributed by atoms with Crippen molar-refractivity contribution in [3.63, 3.8) is 0 Å². The zero-order chi connectivity index (χ0) is 16.4. The first-order chi connectivity index (χ1) is 11.8.